The first-order chi connectivity index (χ1) is 11.6. The van der Waals surface area contributed by atoms with Crippen molar-refractivity contribution in [2.24, 2.45) is 0 Å². The van der Waals surface area contributed by atoms with Crippen molar-refractivity contribution in [3.63, 3.8) is 0 Å². The molecule has 4 N–H and O–H groups in total. The van der Waals surface area contributed by atoms with E-state index in [2.05, 4.69) is 16.0 Å². The van der Waals surface area contributed by atoms with Gasteiger partial charge in [0.15, 0.2) is 0 Å². The fourth-order valence-electron chi connectivity index (χ4n) is 1.55. The maximum atomic E-state index is 12.0. The van der Waals surface area contributed by atoms with Gasteiger partial charge in [0.25, 0.3) is 0 Å². The van der Waals surface area contributed by atoms with Crippen LogP contribution in [0.15, 0.2) is 0 Å². The first-order valence-corrected chi connectivity index (χ1v) is 8.10. The number of carbonyl (C=O) groups excluding carboxylic acids is 3. The van der Waals surface area contributed by atoms with Crippen molar-refractivity contribution in [2.45, 2.75) is 71.8 Å². The lowest BCUT2D eigenvalue weighted by Crippen LogP contribution is -2.54. The fourth-order valence-corrected chi connectivity index (χ4v) is 1.55. The van der Waals surface area contributed by atoms with Gasteiger partial charge in [0.2, 0.25) is 5.91 Å². The summed E-state index contributed by atoms with van der Waals surface area (Å²) in [7, 11) is 0. The molecule has 0 aliphatic rings. The zero-order valence-electron chi connectivity index (χ0n) is 16.3. The number of hydrogen-bond acceptors (Lipinski definition) is 6. The Morgan fingerprint density at radius 3 is 1.77 bits per heavy atom. The molecule has 0 aromatic rings. The summed E-state index contributed by atoms with van der Waals surface area (Å²) < 4.78 is 10.0. The molecule has 2 atom stereocenters. The quantitative estimate of drug-likeness (QED) is 0.542. The van der Waals surface area contributed by atoms with Crippen molar-refractivity contribution in [1.29, 1.82) is 0 Å². The molecule has 0 spiro atoms. The Labute approximate surface area is 153 Å². The Hall–Kier alpha value is -2.52. The van der Waals surface area contributed by atoms with Crippen LogP contribution in [-0.2, 0) is 19.1 Å². The first-order valence-electron chi connectivity index (χ1n) is 8.10. The summed E-state index contributed by atoms with van der Waals surface area (Å²) in [4.78, 5) is 46.5. The molecule has 10 heteroatoms. The van der Waals surface area contributed by atoms with Gasteiger partial charge < -0.3 is 30.5 Å². The Bertz CT molecular complexity index is 535. The van der Waals surface area contributed by atoms with Crippen LogP contribution >= 0.6 is 0 Å². The van der Waals surface area contributed by atoms with Crippen LogP contribution in [0.25, 0.3) is 0 Å². The minimum atomic E-state index is -1.39. The molecule has 10 nitrogen and oxygen atoms in total. The van der Waals surface area contributed by atoms with Gasteiger partial charge in [0, 0.05) is 0 Å². The molecule has 0 aromatic carbocycles. The second kappa shape index (κ2) is 9.25. The highest BCUT2D eigenvalue weighted by Gasteiger charge is 2.26. The van der Waals surface area contributed by atoms with Gasteiger partial charge in [-0.25, -0.2) is 14.4 Å². The maximum Gasteiger partial charge on any atom is 0.408 e. The van der Waals surface area contributed by atoms with Crippen molar-refractivity contribution in [3.05, 3.63) is 0 Å². The average Bonchev–Trinajstić information content (AvgIpc) is 2.38. The van der Waals surface area contributed by atoms with E-state index in [1.165, 1.54) is 6.92 Å². The van der Waals surface area contributed by atoms with Crippen LogP contribution in [0.2, 0.25) is 0 Å². The molecule has 0 rings (SSSR count). The highest BCUT2D eigenvalue weighted by Crippen LogP contribution is 2.07. The topological polar surface area (TPSA) is 143 Å². The Morgan fingerprint density at radius 1 is 0.885 bits per heavy atom. The maximum absolute atomic E-state index is 12.0. The molecule has 2 unspecified atom stereocenters. The molecular weight excluding hydrogens is 346 g/mol. The van der Waals surface area contributed by atoms with Crippen LogP contribution in [0.1, 0.15) is 48.5 Å². The lowest BCUT2D eigenvalue weighted by atomic mass is 10.2. The Balaban J connectivity index is 4.61. The molecule has 150 valence electrons. The van der Waals surface area contributed by atoms with Crippen molar-refractivity contribution < 1.29 is 33.8 Å². The van der Waals surface area contributed by atoms with E-state index in [4.69, 9.17) is 14.6 Å². The molecule has 3 amide bonds. The Kier molecular flexibility index (Phi) is 8.36. The van der Waals surface area contributed by atoms with E-state index in [1.54, 1.807) is 41.5 Å². The molecule has 0 aliphatic heterocycles. The van der Waals surface area contributed by atoms with Crippen molar-refractivity contribution >= 4 is 24.1 Å². The summed E-state index contributed by atoms with van der Waals surface area (Å²) >= 11 is 0. The fraction of sp³-hybridized carbons (Fsp3) is 0.750. The molecule has 0 heterocycles. The predicted molar refractivity (Wildman–Crippen MR) is 92.6 cm³/mol. The number of hydrogen-bond donors (Lipinski definition) is 4. The van der Waals surface area contributed by atoms with Crippen LogP contribution in [-0.4, -0.2) is 59.0 Å². The van der Waals surface area contributed by atoms with Gasteiger partial charge in [-0.1, -0.05) is 0 Å². The van der Waals surface area contributed by atoms with E-state index in [9.17, 15) is 19.2 Å². The summed E-state index contributed by atoms with van der Waals surface area (Å²) in [5.41, 5.74) is -1.47. The number of carboxylic acid groups (broad SMARTS) is 1. The third-order valence-corrected chi connectivity index (χ3v) is 2.59. The number of alkyl carbamates (subject to hydrolysis) is 2. The van der Waals surface area contributed by atoms with E-state index >= 15 is 0 Å². The van der Waals surface area contributed by atoms with Crippen molar-refractivity contribution in [1.82, 2.24) is 16.0 Å². The summed E-state index contributed by atoms with van der Waals surface area (Å²) in [5.74, 6) is -2.09. The van der Waals surface area contributed by atoms with Gasteiger partial charge in [-0.3, -0.25) is 4.79 Å². The molecule has 0 fully saturated rings. The minimum absolute atomic E-state index is 0.380. The smallest absolute Gasteiger partial charge is 0.408 e. The van der Waals surface area contributed by atoms with E-state index in [0.717, 1.165) is 0 Å². The van der Waals surface area contributed by atoms with Crippen LogP contribution in [0.5, 0.6) is 0 Å². The third kappa shape index (κ3) is 11.1. The summed E-state index contributed by atoms with van der Waals surface area (Å²) in [6.07, 6.45) is -1.61. The zero-order valence-corrected chi connectivity index (χ0v) is 16.3. The van der Waals surface area contributed by atoms with Crippen LogP contribution in [0.3, 0.4) is 0 Å². The minimum Gasteiger partial charge on any atom is -0.480 e. The Morgan fingerprint density at radius 2 is 1.35 bits per heavy atom. The average molecular weight is 375 g/mol. The lowest BCUT2D eigenvalue weighted by molar-refractivity contribution is -0.141. The normalized spacial score (nSPS) is 13.8. The highest BCUT2D eigenvalue weighted by atomic mass is 16.6. The number of nitrogens with one attached hydrogen (secondary N) is 3. The molecule has 0 saturated carbocycles. The standard InChI is InChI=1S/C16H29N3O7/c1-9(18-14(24)26-16(5,6)7)11(20)19-10(12(21)22)8-17-13(23)25-15(2,3)4/h9-10H,8H2,1-7H3,(H,17,23)(H,18,24)(H,19,20)(H,21,22). The highest BCUT2D eigenvalue weighted by molar-refractivity contribution is 5.89. The molecule has 0 aliphatic carbocycles. The van der Waals surface area contributed by atoms with E-state index in [0.29, 0.717) is 0 Å². The van der Waals surface area contributed by atoms with Gasteiger partial charge in [-0.15, -0.1) is 0 Å². The number of ether oxygens (including phenoxy) is 2. The van der Waals surface area contributed by atoms with Gasteiger partial charge in [-0.05, 0) is 48.5 Å². The van der Waals surface area contributed by atoms with E-state index in [-0.39, 0.29) is 6.54 Å². The number of aliphatic carboxylic acids is 1. The van der Waals surface area contributed by atoms with Crippen LogP contribution in [0.4, 0.5) is 9.59 Å². The molecule has 0 saturated heterocycles. The third-order valence-electron chi connectivity index (χ3n) is 2.59. The van der Waals surface area contributed by atoms with E-state index < -0.39 is 47.3 Å². The summed E-state index contributed by atoms with van der Waals surface area (Å²) in [5, 5.41) is 16.0. The second-order valence-corrected chi connectivity index (χ2v) is 7.65. The molecular formula is C16H29N3O7. The largest absolute Gasteiger partial charge is 0.480 e. The van der Waals surface area contributed by atoms with Gasteiger partial charge in [0.1, 0.15) is 23.3 Å². The second-order valence-electron chi connectivity index (χ2n) is 7.65. The van der Waals surface area contributed by atoms with Gasteiger partial charge in [-0.2, -0.15) is 0 Å². The monoisotopic (exact) mass is 375 g/mol. The summed E-state index contributed by atoms with van der Waals surface area (Å²) in [6, 6.07) is -2.42. The zero-order chi connectivity index (χ0) is 20.7. The van der Waals surface area contributed by atoms with Gasteiger partial charge in [0.05, 0.1) is 6.54 Å². The number of carbonyl (C=O) groups is 4. The first kappa shape index (κ1) is 23.5. The number of carboxylic acids is 1. The van der Waals surface area contributed by atoms with Crippen LogP contribution in [0, 0.1) is 0 Å². The van der Waals surface area contributed by atoms with Crippen molar-refractivity contribution in [3.8, 4) is 0 Å². The van der Waals surface area contributed by atoms with Crippen LogP contribution < -0.4 is 16.0 Å². The van der Waals surface area contributed by atoms with Crippen molar-refractivity contribution in [2.75, 3.05) is 6.54 Å². The SMILES string of the molecule is CC(NC(=O)OC(C)(C)C)C(=O)NC(CNC(=O)OC(C)(C)C)C(=O)O. The molecule has 0 bridgehead atoms. The molecule has 26 heavy (non-hydrogen) atoms. The molecule has 0 aromatic heterocycles. The van der Waals surface area contributed by atoms with Gasteiger partial charge >= 0.3 is 18.2 Å². The molecule has 0 radical (unpaired) electrons. The predicted octanol–water partition coefficient (Wildman–Crippen LogP) is 0.994. The summed E-state index contributed by atoms with van der Waals surface area (Å²) in [6.45, 7) is 11.0. The number of rotatable bonds is 6. The number of amides is 3. The lowest BCUT2D eigenvalue weighted by Gasteiger charge is -2.23. The van der Waals surface area contributed by atoms with E-state index in [1.807, 2.05) is 0 Å².